The Morgan fingerprint density at radius 2 is 2.44 bits per heavy atom. The van der Waals surface area contributed by atoms with Gasteiger partial charge in [-0.05, 0) is 18.8 Å². The Labute approximate surface area is 108 Å². The zero-order chi connectivity index (χ0) is 13.1. The van der Waals surface area contributed by atoms with E-state index in [2.05, 4.69) is 18.9 Å². The number of methoxy groups -OCH3 is 1. The van der Waals surface area contributed by atoms with Crippen molar-refractivity contribution in [2.75, 3.05) is 13.7 Å². The average Bonchev–Trinajstić information content (AvgIpc) is 2.95. The van der Waals surface area contributed by atoms with Gasteiger partial charge in [0.15, 0.2) is 5.75 Å². The van der Waals surface area contributed by atoms with E-state index in [1.165, 1.54) is 0 Å². The second kappa shape index (κ2) is 5.71. The maximum Gasteiger partial charge on any atom is 0.162 e. The molecule has 1 fully saturated rings. The summed E-state index contributed by atoms with van der Waals surface area (Å²) in [5.41, 5.74) is 0.734. The van der Waals surface area contributed by atoms with Gasteiger partial charge in [-0.2, -0.15) is 5.10 Å². The number of aryl methyl sites for hydroxylation is 1. The van der Waals surface area contributed by atoms with Crippen molar-refractivity contribution >= 4 is 0 Å². The molecule has 3 atom stereocenters. The highest BCUT2D eigenvalue weighted by Crippen LogP contribution is 2.35. The number of hydrogen-bond acceptors (Lipinski definition) is 4. The summed E-state index contributed by atoms with van der Waals surface area (Å²) >= 11 is 0. The van der Waals surface area contributed by atoms with Crippen molar-refractivity contribution in [3.8, 4) is 5.75 Å². The molecule has 2 rings (SSSR count). The van der Waals surface area contributed by atoms with Gasteiger partial charge in [-0.25, -0.2) is 0 Å². The van der Waals surface area contributed by atoms with Crippen LogP contribution in [-0.2, 0) is 11.3 Å². The largest absolute Gasteiger partial charge is 0.493 e. The lowest BCUT2D eigenvalue weighted by Crippen LogP contribution is -2.26. The first-order valence-electron chi connectivity index (χ1n) is 6.58. The van der Waals surface area contributed by atoms with Crippen LogP contribution in [0.5, 0.6) is 5.75 Å². The monoisotopic (exact) mass is 254 g/mol. The molecular weight excluding hydrogens is 232 g/mol. The summed E-state index contributed by atoms with van der Waals surface area (Å²) < 4.78 is 12.7. The normalized spacial score (nSPS) is 25.3. The number of aromatic nitrogens is 2. The zero-order valence-corrected chi connectivity index (χ0v) is 11.3. The number of aliphatic hydroxyl groups is 1. The highest BCUT2D eigenvalue weighted by molar-refractivity contribution is 5.28. The third-order valence-corrected chi connectivity index (χ3v) is 3.54. The summed E-state index contributed by atoms with van der Waals surface area (Å²) in [6.45, 7) is 5.68. The zero-order valence-electron chi connectivity index (χ0n) is 11.3. The smallest absolute Gasteiger partial charge is 0.162 e. The highest BCUT2D eigenvalue weighted by atomic mass is 16.5. The minimum Gasteiger partial charge on any atom is -0.493 e. The predicted molar refractivity (Wildman–Crippen MR) is 67.6 cm³/mol. The Bertz CT molecular complexity index is 392. The summed E-state index contributed by atoms with van der Waals surface area (Å²) in [4.78, 5) is 0. The molecule has 1 aliphatic heterocycles. The number of nitrogens with zero attached hydrogens (tertiary/aromatic N) is 2. The van der Waals surface area contributed by atoms with Crippen LogP contribution in [0.1, 0.15) is 38.5 Å². The lowest BCUT2D eigenvalue weighted by Gasteiger charge is -2.23. The maximum atomic E-state index is 10.5. The average molecular weight is 254 g/mol. The number of aliphatic hydroxyl groups excluding tert-OH is 1. The Morgan fingerprint density at radius 3 is 3.00 bits per heavy atom. The summed E-state index contributed by atoms with van der Waals surface area (Å²) in [5.74, 6) is 0.994. The molecule has 0 radical (unpaired) electrons. The molecule has 5 heteroatoms. The molecule has 1 aromatic rings. The van der Waals surface area contributed by atoms with E-state index in [9.17, 15) is 5.11 Å². The van der Waals surface area contributed by atoms with Crippen LogP contribution in [0.25, 0.3) is 0 Å². The first-order chi connectivity index (χ1) is 8.69. The molecule has 0 saturated carbocycles. The van der Waals surface area contributed by atoms with Crippen molar-refractivity contribution < 1.29 is 14.6 Å². The Hall–Kier alpha value is -1.07. The van der Waals surface area contributed by atoms with E-state index in [0.29, 0.717) is 18.3 Å². The lowest BCUT2D eigenvalue weighted by molar-refractivity contribution is -0.0229. The molecule has 0 aromatic carbocycles. The summed E-state index contributed by atoms with van der Waals surface area (Å²) in [6.07, 6.45) is 2.78. The highest BCUT2D eigenvalue weighted by Gasteiger charge is 2.35. The van der Waals surface area contributed by atoms with E-state index in [-0.39, 0.29) is 6.10 Å². The minimum atomic E-state index is -0.675. The molecule has 2 heterocycles. The molecule has 0 bridgehead atoms. The third kappa shape index (κ3) is 2.37. The van der Waals surface area contributed by atoms with E-state index < -0.39 is 6.10 Å². The van der Waals surface area contributed by atoms with Gasteiger partial charge in [0.2, 0.25) is 0 Å². The fourth-order valence-electron chi connectivity index (χ4n) is 2.50. The van der Waals surface area contributed by atoms with E-state index in [0.717, 1.165) is 25.1 Å². The minimum absolute atomic E-state index is 0.161. The summed E-state index contributed by atoms with van der Waals surface area (Å²) in [5, 5.41) is 14.8. The summed E-state index contributed by atoms with van der Waals surface area (Å²) in [7, 11) is 1.60. The second-order valence-corrected chi connectivity index (χ2v) is 4.87. The van der Waals surface area contributed by atoms with Gasteiger partial charge in [0.25, 0.3) is 0 Å². The van der Waals surface area contributed by atoms with Gasteiger partial charge >= 0.3 is 0 Å². The van der Waals surface area contributed by atoms with E-state index in [4.69, 9.17) is 9.47 Å². The van der Waals surface area contributed by atoms with Crippen molar-refractivity contribution in [3.05, 3.63) is 11.9 Å². The van der Waals surface area contributed by atoms with Gasteiger partial charge in [0.1, 0.15) is 11.8 Å². The van der Waals surface area contributed by atoms with Crippen LogP contribution in [0.15, 0.2) is 6.20 Å². The SMILES string of the molecule is CCCn1ncc(OC)c1C(O)C1OCCC1C. The molecule has 18 heavy (non-hydrogen) atoms. The molecule has 1 aromatic heterocycles. The number of ether oxygens (including phenoxy) is 2. The van der Waals surface area contributed by atoms with Gasteiger partial charge < -0.3 is 14.6 Å². The second-order valence-electron chi connectivity index (χ2n) is 4.87. The van der Waals surface area contributed by atoms with E-state index in [1.54, 1.807) is 13.3 Å². The molecule has 0 amide bonds. The fourth-order valence-corrected chi connectivity index (χ4v) is 2.50. The van der Waals surface area contributed by atoms with Crippen molar-refractivity contribution in [3.63, 3.8) is 0 Å². The molecule has 1 aliphatic rings. The molecule has 102 valence electrons. The topological polar surface area (TPSA) is 56.5 Å². The maximum absolute atomic E-state index is 10.5. The lowest BCUT2D eigenvalue weighted by atomic mass is 9.97. The van der Waals surface area contributed by atoms with E-state index >= 15 is 0 Å². The van der Waals surface area contributed by atoms with Crippen LogP contribution in [0.2, 0.25) is 0 Å². The first-order valence-corrected chi connectivity index (χ1v) is 6.58. The fraction of sp³-hybridized carbons (Fsp3) is 0.769. The van der Waals surface area contributed by atoms with Crippen LogP contribution in [-0.4, -0.2) is 34.7 Å². The molecule has 1 saturated heterocycles. The number of rotatable bonds is 5. The van der Waals surface area contributed by atoms with Crippen LogP contribution < -0.4 is 4.74 Å². The van der Waals surface area contributed by atoms with Crippen LogP contribution in [0.3, 0.4) is 0 Å². The van der Waals surface area contributed by atoms with Crippen molar-refractivity contribution in [2.24, 2.45) is 5.92 Å². The quantitative estimate of drug-likeness (QED) is 0.870. The predicted octanol–water partition coefficient (Wildman–Crippen LogP) is 1.76. The van der Waals surface area contributed by atoms with Gasteiger partial charge in [-0.1, -0.05) is 13.8 Å². The van der Waals surface area contributed by atoms with Gasteiger partial charge in [-0.3, -0.25) is 4.68 Å². The van der Waals surface area contributed by atoms with Crippen molar-refractivity contribution in [1.82, 2.24) is 9.78 Å². The standard InChI is InChI=1S/C13H22N2O3/c1-4-6-15-11(10(17-3)8-14-15)12(16)13-9(2)5-7-18-13/h8-9,12-13,16H,4-7H2,1-3H3. The van der Waals surface area contributed by atoms with E-state index in [1.807, 2.05) is 4.68 Å². The molecular formula is C13H22N2O3. The van der Waals surface area contributed by atoms with Crippen molar-refractivity contribution in [1.29, 1.82) is 0 Å². The van der Waals surface area contributed by atoms with Crippen LogP contribution in [0, 0.1) is 5.92 Å². The van der Waals surface area contributed by atoms with Gasteiger partial charge in [-0.15, -0.1) is 0 Å². The molecule has 3 unspecified atom stereocenters. The van der Waals surface area contributed by atoms with Crippen molar-refractivity contribution in [2.45, 2.75) is 45.4 Å². The molecule has 0 spiro atoms. The Kier molecular flexibility index (Phi) is 4.24. The summed E-state index contributed by atoms with van der Waals surface area (Å²) in [6, 6.07) is 0. The van der Waals surface area contributed by atoms with Crippen LogP contribution >= 0.6 is 0 Å². The van der Waals surface area contributed by atoms with Gasteiger partial charge in [0, 0.05) is 13.2 Å². The molecule has 1 N–H and O–H groups in total. The third-order valence-electron chi connectivity index (χ3n) is 3.54. The molecule has 5 nitrogen and oxygen atoms in total. The van der Waals surface area contributed by atoms with Gasteiger partial charge in [0.05, 0.1) is 19.4 Å². The first kappa shape index (κ1) is 13.4. The Morgan fingerprint density at radius 1 is 1.67 bits per heavy atom. The van der Waals surface area contributed by atoms with Crippen LogP contribution in [0.4, 0.5) is 0 Å². The number of hydrogen-bond donors (Lipinski definition) is 1. The Balaban J connectivity index is 2.26. The molecule has 0 aliphatic carbocycles.